The molecule has 0 saturated carbocycles. The van der Waals surface area contributed by atoms with Crippen LogP contribution in [0, 0.1) is 5.82 Å². The number of hydrogen-bond donors (Lipinski definition) is 3. The number of aromatic nitrogens is 1. The summed E-state index contributed by atoms with van der Waals surface area (Å²) in [6.07, 6.45) is 0. The van der Waals surface area contributed by atoms with E-state index in [9.17, 15) is 14.0 Å². The van der Waals surface area contributed by atoms with Gasteiger partial charge >= 0.3 is 0 Å². The van der Waals surface area contributed by atoms with E-state index in [0.717, 1.165) is 21.9 Å². The van der Waals surface area contributed by atoms with E-state index < -0.39 is 17.3 Å². The molecule has 11 heteroatoms. The zero-order valence-corrected chi connectivity index (χ0v) is 17.5. The SMILES string of the molecule is Cn1c(=O)cc(F)c2sc(C(=O)NOCCO)c(Nc3ccc(Br)cc3Cl)c21. The van der Waals surface area contributed by atoms with E-state index in [-0.39, 0.29) is 34.0 Å². The first-order valence-corrected chi connectivity index (χ1v) is 9.89. The van der Waals surface area contributed by atoms with E-state index >= 15 is 0 Å². The van der Waals surface area contributed by atoms with Gasteiger partial charge in [-0.25, -0.2) is 9.87 Å². The number of aliphatic hydroxyl groups excluding tert-OH is 1. The lowest BCUT2D eigenvalue weighted by Crippen LogP contribution is -2.25. The summed E-state index contributed by atoms with van der Waals surface area (Å²) < 4.78 is 16.5. The molecular weight excluding hydrogens is 477 g/mol. The van der Waals surface area contributed by atoms with Gasteiger partial charge in [-0.1, -0.05) is 27.5 Å². The van der Waals surface area contributed by atoms with Gasteiger partial charge in [0, 0.05) is 17.6 Å². The maximum absolute atomic E-state index is 14.4. The number of fused-ring (bicyclic) bond motifs is 1. The molecule has 0 radical (unpaired) electrons. The number of hydroxylamine groups is 1. The molecule has 0 saturated heterocycles. The van der Waals surface area contributed by atoms with Crippen LogP contribution in [0.2, 0.25) is 5.02 Å². The fourth-order valence-electron chi connectivity index (χ4n) is 2.50. The minimum atomic E-state index is -0.733. The van der Waals surface area contributed by atoms with E-state index in [1.165, 1.54) is 11.6 Å². The zero-order valence-electron chi connectivity index (χ0n) is 14.4. The second-order valence-electron chi connectivity index (χ2n) is 5.63. The van der Waals surface area contributed by atoms with Gasteiger partial charge in [0.1, 0.15) is 10.7 Å². The van der Waals surface area contributed by atoms with Gasteiger partial charge in [0.2, 0.25) is 0 Å². The van der Waals surface area contributed by atoms with Crippen LogP contribution >= 0.6 is 38.9 Å². The summed E-state index contributed by atoms with van der Waals surface area (Å²) in [4.78, 5) is 29.6. The first-order chi connectivity index (χ1) is 13.3. The summed E-state index contributed by atoms with van der Waals surface area (Å²) in [6.45, 7) is -0.389. The number of rotatable bonds is 6. The zero-order chi connectivity index (χ0) is 20.4. The van der Waals surface area contributed by atoms with Crippen LogP contribution in [0.5, 0.6) is 0 Å². The second-order valence-corrected chi connectivity index (χ2v) is 7.97. The third-order valence-electron chi connectivity index (χ3n) is 3.77. The van der Waals surface area contributed by atoms with Crippen molar-refractivity contribution < 1.29 is 19.1 Å². The second kappa shape index (κ2) is 8.58. The van der Waals surface area contributed by atoms with E-state index in [0.29, 0.717) is 10.7 Å². The molecule has 28 heavy (non-hydrogen) atoms. The number of halogens is 3. The maximum Gasteiger partial charge on any atom is 0.287 e. The number of nitrogens with one attached hydrogen (secondary N) is 2. The van der Waals surface area contributed by atoms with Gasteiger partial charge in [-0.2, -0.15) is 0 Å². The van der Waals surface area contributed by atoms with Crippen molar-refractivity contribution in [2.45, 2.75) is 0 Å². The molecule has 0 aliphatic carbocycles. The van der Waals surface area contributed by atoms with Gasteiger partial charge in [-0.3, -0.25) is 14.4 Å². The number of carbonyl (C=O) groups is 1. The van der Waals surface area contributed by atoms with Crippen LogP contribution in [0.3, 0.4) is 0 Å². The lowest BCUT2D eigenvalue weighted by Gasteiger charge is -2.12. The molecule has 2 aromatic heterocycles. The fourth-order valence-corrected chi connectivity index (χ4v) is 4.30. The molecule has 2 heterocycles. The molecule has 3 rings (SSSR count). The Balaban J connectivity index is 2.17. The molecule has 0 aliphatic rings. The Kier molecular flexibility index (Phi) is 6.36. The first-order valence-electron chi connectivity index (χ1n) is 7.90. The molecular formula is C17H14BrClFN3O4S. The average molecular weight is 491 g/mol. The summed E-state index contributed by atoms with van der Waals surface area (Å²) in [7, 11) is 1.48. The molecule has 1 amide bonds. The molecule has 0 spiro atoms. The smallest absolute Gasteiger partial charge is 0.287 e. The molecule has 0 bridgehead atoms. The van der Waals surface area contributed by atoms with Crippen LogP contribution in [0.15, 0.2) is 33.5 Å². The number of aliphatic hydroxyl groups is 1. The normalized spacial score (nSPS) is 11.0. The predicted octanol–water partition coefficient (Wildman–Crippen LogP) is 3.55. The van der Waals surface area contributed by atoms with E-state index in [4.69, 9.17) is 21.5 Å². The summed E-state index contributed by atoms with van der Waals surface area (Å²) in [5, 5.41) is 12.2. The van der Waals surface area contributed by atoms with Gasteiger partial charge in [0.15, 0.2) is 0 Å². The highest BCUT2D eigenvalue weighted by atomic mass is 79.9. The molecule has 3 aromatic rings. The molecule has 0 aliphatic heterocycles. The van der Waals surface area contributed by atoms with Crippen molar-refractivity contribution in [2.75, 3.05) is 18.5 Å². The molecule has 0 fully saturated rings. The van der Waals surface area contributed by atoms with E-state index in [1.807, 2.05) is 0 Å². The van der Waals surface area contributed by atoms with Gasteiger partial charge in [0.25, 0.3) is 11.5 Å². The van der Waals surface area contributed by atoms with Gasteiger partial charge in [-0.15, -0.1) is 11.3 Å². The highest BCUT2D eigenvalue weighted by Crippen LogP contribution is 2.39. The third kappa shape index (κ3) is 4.06. The van der Waals surface area contributed by atoms with Gasteiger partial charge in [-0.05, 0) is 18.2 Å². The number of anilines is 2. The Morgan fingerprint density at radius 3 is 2.86 bits per heavy atom. The molecule has 148 valence electrons. The molecule has 1 aromatic carbocycles. The van der Waals surface area contributed by atoms with E-state index in [1.54, 1.807) is 18.2 Å². The Morgan fingerprint density at radius 2 is 2.18 bits per heavy atom. The number of pyridine rings is 1. The minimum Gasteiger partial charge on any atom is -0.394 e. The molecule has 3 N–H and O–H groups in total. The van der Waals surface area contributed by atoms with E-state index in [2.05, 4.69) is 26.7 Å². The lowest BCUT2D eigenvalue weighted by atomic mass is 10.2. The Hall–Kier alpha value is -1.98. The fraction of sp³-hybridized carbons (Fsp3) is 0.176. The Labute approximate surface area is 175 Å². The number of hydrogen-bond acceptors (Lipinski definition) is 6. The van der Waals surface area contributed by atoms with Gasteiger partial charge in [0.05, 0.1) is 39.8 Å². The number of thiophene rings is 1. The first kappa shape index (κ1) is 20.7. The van der Waals surface area contributed by atoms with Crippen molar-refractivity contribution in [2.24, 2.45) is 7.05 Å². The molecule has 0 unspecified atom stereocenters. The highest BCUT2D eigenvalue weighted by molar-refractivity contribution is 9.10. The number of benzene rings is 1. The van der Waals surface area contributed by atoms with Crippen molar-refractivity contribution in [3.63, 3.8) is 0 Å². The van der Waals surface area contributed by atoms with Crippen molar-refractivity contribution >= 4 is 66.4 Å². The van der Waals surface area contributed by atoms with Crippen LogP contribution in [-0.2, 0) is 11.9 Å². The van der Waals surface area contributed by atoms with Crippen LogP contribution < -0.4 is 16.4 Å². The maximum atomic E-state index is 14.4. The third-order valence-corrected chi connectivity index (χ3v) is 5.76. The predicted molar refractivity (Wildman–Crippen MR) is 110 cm³/mol. The van der Waals surface area contributed by atoms with Crippen LogP contribution in [0.25, 0.3) is 10.2 Å². The highest BCUT2D eigenvalue weighted by Gasteiger charge is 2.24. The van der Waals surface area contributed by atoms with Crippen LogP contribution in [0.4, 0.5) is 15.8 Å². The topological polar surface area (TPSA) is 92.6 Å². The quantitative estimate of drug-likeness (QED) is 0.363. The Bertz CT molecular complexity index is 1120. The number of aryl methyl sites for hydroxylation is 1. The molecule has 7 nitrogen and oxygen atoms in total. The number of nitrogens with zero attached hydrogens (tertiary/aromatic N) is 1. The van der Waals surface area contributed by atoms with Gasteiger partial charge < -0.3 is 15.0 Å². The lowest BCUT2D eigenvalue weighted by molar-refractivity contribution is 0.0172. The van der Waals surface area contributed by atoms with Crippen LogP contribution in [0.1, 0.15) is 9.67 Å². The van der Waals surface area contributed by atoms with Crippen LogP contribution in [-0.4, -0.2) is 28.8 Å². The Morgan fingerprint density at radius 1 is 1.43 bits per heavy atom. The average Bonchev–Trinajstić information content (AvgIpc) is 3.02. The number of carbonyl (C=O) groups excluding carboxylic acids is 1. The minimum absolute atomic E-state index is 0.0898. The van der Waals surface area contributed by atoms with Crippen molar-refractivity contribution in [3.05, 3.63) is 54.8 Å². The van der Waals surface area contributed by atoms with Crippen molar-refractivity contribution in [1.29, 1.82) is 0 Å². The summed E-state index contributed by atoms with van der Waals surface area (Å²) in [5.41, 5.74) is 2.53. The summed E-state index contributed by atoms with van der Waals surface area (Å²) in [5.74, 6) is -1.39. The monoisotopic (exact) mass is 489 g/mol. The standard InChI is InChI=1S/C17H14BrClFN3O4S/c1-23-12(25)7-10(20)15-14(23)13(16(28-15)17(26)22-27-5-4-24)21-11-3-2-8(18)6-9(11)19/h2-3,6-7,21,24H,4-5H2,1H3,(H,22,26). The summed E-state index contributed by atoms with van der Waals surface area (Å²) >= 11 is 10.4. The largest absolute Gasteiger partial charge is 0.394 e. The molecule has 0 atom stereocenters. The summed E-state index contributed by atoms with van der Waals surface area (Å²) in [6, 6.07) is 5.94. The number of amides is 1. The van der Waals surface area contributed by atoms with Crippen molar-refractivity contribution in [1.82, 2.24) is 10.0 Å². The van der Waals surface area contributed by atoms with Crippen molar-refractivity contribution in [3.8, 4) is 0 Å².